The van der Waals surface area contributed by atoms with Crippen LogP contribution in [0.1, 0.15) is 20.7 Å². The lowest BCUT2D eigenvalue weighted by Crippen LogP contribution is -2.50. The molecule has 0 saturated carbocycles. The van der Waals surface area contributed by atoms with Gasteiger partial charge < -0.3 is 20.0 Å². The molecule has 25 heavy (non-hydrogen) atoms. The molecule has 0 radical (unpaired) electrons. The lowest BCUT2D eigenvalue weighted by atomic mass is 10.1. The van der Waals surface area contributed by atoms with E-state index in [-0.39, 0.29) is 28.9 Å². The smallest absolute Gasteiger partial charge is 0.255 e. The number of rotatable bonds is 2. The van der Waals surface area contributed by atoms with Crippen LogP contribution in [0.4, 0.5) is 0 Å². The molecule has 0 unspecified atom stereocenters. The van der Waals surface area contributed by atoms with Gasteiger partial charge >= 0.3 is 0 Å². The third kappa shape index (κ3) is 3.71. The van der Waals surface area contributed by atoms with Crippen molar-refractivity contribution in [1.82, 2.24) is 9.80 Å². The number of phenols is 2. The topological polar surface area (TPSA) is 81.1 Å². The lowest BCUT2D eigenvalue weighted by Gasteiger charge is -2.35. The third-order valence-electron chi connectivity index (χ3n) is 4.14. The summed E-state index contributed by atoms with van der Waals surface area (Å²) in [5.74, 6) is -0.717. The van der Waals surface area contributed by atoms with Crippen molar-refractivity contribution < 1.29 is 19.8 Å². The van der Waals surface area contributed by atoms with Gasteiger partial charge in [-0.05, 0) is 24.3 Å². The van der Waals surface area contributed by atoms with Crippen LogP contribution >= 0.6 is 12.6 Å². The summed E-state index contributed by atoms with van der Waals surface area (Å²) < 4.78 is 0. The summed E-state index contributed by atoms with van der Waals surface area (Å²) in [4.78, 5) is 29.0. The van der Waals surface area contributed by atoms with E-state index in [2.05, 4.69) is 12.6 Å². The van der Waals surface area contributed by atoms with Crippen molar-refractivity contribution in [2.24, 2.45) is 0 Å². The molecule has 1 heterocycles. The summed E-state index contributed by atoms with van der Waals surface area (Å²) in [5.41, 5.74) is 0.765. The van der Waals surface area contributed by atoms with Gasteiger partial charge in [-0.25, -0.2) is 0 Å². The van der Waals surface area contributed by atoms with Crippen molar-refractivity contribution in [2.45, 2.75) is 4.90 Å². The number of benzene rings is 2. The number of aromatic hydroxyl groups is 2. The number of carbonyl (C=O) groups excluding carboxylic acids is 2. The van der Waals surface area contributed by atoms with E-state index in [1.165, 1.54) is 18.2 Å². The Morgan fingerprint density at radius 3 is 1.92 bits per heavy atom. The molecule has 0 bridgehead atoms. The van der Waals surface area contributed by atoms with Gasteiger partial charge in [0.05, 0.1) is 5.56 Å². The zero-order valence-electron chi connectivity index (χ0n) is 13.4. The second-order valence-electron chi connectivity index (χ2n) is 5.84. The number of nitrogens with zero attached hydrogens (tertiary/aromatic N) is 2. The van der Waals surface area contributed by atoms with Crippen LogP contribution in [0.25, 0.3) is 0 Å². The van der Waals surface area contributed by atoms with Crippen LogP contribution in [0.5, 0.6) is 11.5 Å². The largest absolute Gasteiger partial charge is 0.508 e. The Kier molecular flexibility index (Phi) is 4.85. The molecule has 2 N–H and O–H groups in total. The first-order chi connectivity index (χ1) is 12.0. The number of hydrogen-bond donors (Lipinski definition) is 3. The van der Waals surface area contributed by atoms with Gasteiger partial charge in [0.2, 0.25) is 0 Å². The zero-order chi connectivity index (χ0) is 18.0. The highest BCUT2D eigenvalue weighted by molar-refractivity contribution is 7.80. The van der Waals surface area contributed by atoms with E-state index in [0.717, 1.165) is 0 Å². The molecular weight excluding hydrogens is 340 g/mol. The van der Waals surface area contributed by atoms with E-state index in [9.17, 15) is 19.8 Å². The van der Waals surface area contributed by atoms with Crippen molar-refractivity contribution in [3.05, 3.63) is 53.6 Å². The van der Waals surface area contributed by atoms with E-state index in [4.69, 9.17) is 0 Å². The van der Waals surface area contributed by atoms with Crippen LogP contribution in [0.2, 0.25) is 0 Å². The molecule has 130 valence electrons. The van der Waals surface area contributed by atoms with Gasteiger partial charge in [0.1, 0.15) is 11.5 Å². The molecule has 0 aromatic heterocycles. The number of thiol groups is 1. The summed E-state index contributed by atoms with van der Waals surface area (Å²) in [6, 6.07) is 10.9. The second kappa shape index (κ2) is 7.06. The average Bonchev–Trinajstić information content (AvgIpc) is 2.60. The normalized spacial score (nSPS) is 14.4. The van der Waals surface area contributed by atoms with Gasteiger partial charge in [-0.2, -0.15) is 0 Å². The monoisotopic (exact) mass is 358 g/mol. The molecule has 1 aliphatic heterocycles. The fraction of sp³-hybridized carbons (Fsp3) is 0.222. The van der Waals surface area contributed by atoms with Crippen molar-refractivity contribution in [3.8, 4) is 11.5 Å². The number of phenolic OH excluding ortho intramolecular Hbond substituents is 2. The van der Waals surface area contributed by atoms with Crippen LogP contribution in [-0.4, -0.2) is 58.0 Å². The molecule has 1 saturated heterocycles. The predicted molar refractivity (Wildman–Crippen MR) is 95.3 cm³/mol. The lowest BCUT2D eigenvalue weighted by molar-refractivity contribution is 0.0533. The summed E-state index contributed by atoms with van der Waals surface area (Å²) in [5, 5.41) is 19.0. The minimum atomic E-state index is -0.284. The Hall–Kier alpha value is -2.67. The Morgan fingerprint density at radius 2 is 1.36 bits per heavy atom. The van der Waals surface area contributed by atoms with E-state index in [1.54, 1.807) is 28.0 Å². The van der Waals surface area contributed by atoms with Gasteiger partial charge in [0.15, 0.2) is 0 Å². The van der Waals surface area contributed by atoms with Crippen molar-refractivity contribution in [3.63, 3.8) is 0 Å². The Labute approximate surface area is 150 Å². The summed E-state index contributed by atoms with van der Waals surface area (Å²) in [6.45, 7) is 1.60. The fourth-order valence-corrected chi connectivity index (χ4v) is 3.09. The maximum absolute atomic E-state index is 12.6. The van der Waals surface area contributed by atoms with E-state index in [0.29, 0.717) is 36.6 Å². The molecule has 0 spiro atoms. The number of amides is 2. The van der Waals surface area contributed by atoms with Crippen LogP contribution in [-0.2, 0) is 0 Å². The van der Waals surface area contributed by atoms with E-state index < -0.39 is 0 Å². The van der Waals surface area contributed by atoms with E-state index >= 15 is 0 Å². The first kappa shape index (κ1) is 17.2. The van der Waals surface area contributed by atoms with E-state index in [1.807, 2.05) is 6.07 Å². The van der Waals surface area contributed by atoms with Crippen molar-refractivity contribution in [2.75, 3.05) is 26.2 Å². The van der Waals surface area contributed by atoms with Gasteiger partial charge in [0.25, 0.3) is 11.8 Å². The average molecular weight is 358 g/mol. The van der Waals surface area contributed by atoms with Crippen LogP contribution in [0, 0.1) is 0 Å². The maximum atomic E-state index is 12.6. The molecule has 2 aromatic carbocycles. The Bertz CT molecular complexity index is 796. The predicted octanol–water partition coefficient (Wildman–Crippen LogP) is 1.98. The quantitative estimate of drug-likeness (QED) is 0.717. The van der Waals surface area contributed by atoms with Gasteiger partial charge in [-0.3, -0.25) is 9.59 Å². The minimum absolute atomic E-state index is 0.104. The fourth-order valence-electron chi connectivity index (χ4n) is 2.84. The maximum Gasteiger partial charge on any atom is 0.255 e. The molecular formula is C18H18N2O4S. The minimum Gasteiger partial charge on any atom is -0.508 e. The van der Waals surface area contributed by atoms with Crippen LogP contribution in [0.15, 0.2) is 47.4 Å². The Morgan fingerprint density at radius 1 is 0.840 bits per heavy atom. The molecule has 6 nitrogen and oxygen atoms in total. The SMILES string of the molecule is O=C(c1cc(O)cc(O)c1)N1CCN(C(=O)c2ccccc2S)CC1. The molecule has 0 aliphatic carbocycles. The third-order valence-corrected chi connectivity index (χ3v) is 4.53. The highest BCUT2D eigenvalue weighted by Crippen LogP contribution is 2.22. The van der Waals surface area contributed by atoms with Crippen molar-refractivity contribution in [1.29, 1.82) is 0 Å². The molecule has 2 aromatic rings. The standard InChI is InChI=1S/C18H18N2O4S/c21-13-9-12(10-14(22)11-13)17(23)19-5-7-20(8-6-19)18(24)15-3-1-2-4-16(15)25/h1-4,9-11,21-22,25H,5-8H2. The first-order valence-corrected chi connectivity index (χ1v) is 8.30. The summed E-state index contributed by atoms with van der Waals surface area (Å²) >= 11 is 4.31. The van der Waals surface area contributed by atoms with Crippen LogP contribution in [0.3, 0.4) is 0 Å². The van der Waals surface area contributed by atoms with Gasteiger partial charge in [0, 0.05) is 42.7 Å². The zero-order valence-corrected chi connectivity index (χ0v) is 14.3. The Balaban J connectivity index is 1.66. The van der Waals surface area contributed by atoms with Gasteiger partial charge in [-0.1, -0.05) is 12.1 Å². The van der Waals surface area contributed by atoms with Crippen molar-refractivity contribution >= 4 is 24.4 Å². The molecule has 1 aliphatic rings. The molecule has 3 rings (SSSR count). The molecule has 7 heteroatoms. The summed E-state index contributed by atoms with van der Waals surface area (Å²) in [6.07, 6.45) is 0. The highest BCUT2D eigenvalue weighted by Gasteiger charge is 2.26. The van der Waals surface area contributed by atoms with Gasteiger partial charge in [-0.15, -0.1) is 12.6 Å². The van der Waals surface area contributed by atoms with Crippen LogP contribution < -0.4 is 0 Å². The second-order valence-corrected chi connectivity index (χ2v) is 6.32. The first-order valence-electron chi connectivity index (χ1n) is 7.85. The molecule has 2 amide bonds. The highest BCUT2D eigenvalue weighted by atomic mass is 32.1. The molecule has 0 atom stereocenters. The number of piperazine rings is 1. The molecule has 1 fully saturated rings. The number of carbonyl (C=O) groups is 2. The summed E-state index contributed by atoms with van der Waals surface area (Å²) in [7, 11) is 0. The number of hydrogen-bond acceptors (Lipinski definition) is 5.